The van der Waals surface area contributed by atoms with Crippen LogP contribution in [0.3, 0.4) is 0 Å². The maximum atomic E-state index is 11.5. The van der Waals surface area contributed by atoms with E-state index in [0.717, 1.165) is 7.11 Å². The number of aliphatic hydroxyl groups excluding tert-OH is 2. The van der Waals surface area contributed by atoms with Crippen molar-refractivity contribution in [3.63, 3.8) is 0 Å². The fraction of sp³-hybridized carbons (Fsp3) is 0.417. The van der Waals surface area contributed by atoms with Gasteiger partial charge in [-0.25, -0.2) is 9.79 Å². The zero-order valence-corrected chi connectivity index (χ0v) is 11.2. The van der Waals surface area contributed by atoms with Crippen molar-refractivity contribution >= 4 is 18.1 Å². The molecule has 1 heterocycles. The average molecular weight is 284 g/mol. The summed E-state index contributed by atoms with van der Waals surface area (Å²) in [6.45, 7) is 3.85. The lowest BCUT2D eigenvalue weighted by Gasteiger charge is -2.22. The van der Waals surface area contributed by atoms with Gasteiger partial charge in [0.25, 0.3) is 0 Å². The van der Waals surface area contributed by atoms with Crippen LogP contribution in [-0.4, -0.2) is 66.7 Å². The Morgan fingerprint density at radius 3 is 2.85 bits per heavy atom. The van der Waals surface area contributed by atoms with Gasteiger partial charge >= 0.3 is 5.97 Å². The number of aliphatic imine (C=N–C) groups is 1. The maximum absolute atomic E-state index is 11.5. The third-order valence-electron chi connectivity index (χ3n) is 2.62. The lowest BCUT2D eigenvalue weighted by atomic mass is 10.3. The second kappa shape index (κ2) is 6.83. The van der Waals surface area contributed by atoms with Crippen LogP contribution >= 0.6 is 0 Å². The van der Waals surface area contributed by atoms with Gasteiger partial charge in [0.15, 0.2) is 17.7 Å². The van der Waals surface area contributed by atoms with Gasteiger partial charge in [0.2, 0.25) is 0 Å². The molecule has 8 nitrogen and oxygen atoms in total. The lowest BCUT2D eigenvalue weighted by molar-refractivity contribution is -0.136. The molecule has 0 radical (unpaired) electrons. The van der Waals surface area contributed by atoms with Crippen molar-refractivity contribution in [2.75, 3.05) is 27.4 Å². The summed E-state index contributed by atoms with van der Waals surface area (Å²) in [7, 11) is 2.64. The van der Waals surface area contributed by atoms with E-state index in [0.29, 0.717) is 5.70 Å². The number of allylic oxidation sites excluding steroid dienone is 1. The SMILES string of the molecule is C=C1COCC(O)C(=N/C(C(=O)OC)=C(/O)C=O)N1C. The van der Waals surface area contributed by atoms with Gasteiger partial charge in [-0.05, 0) is 0 Å². The fourth-order valence-corrected chi connectivity index (χ4v) is 1.47. The number of aldehydes is 1. The molecule has 1 saturated heterocycles. The number of methoxy groups -OCH3 is 1. The van der Waals surface area contributed by atoms with Gasteiger partial charge in [-0.3, -0.25) is 4.79 Å². The molecule has 1 atom stereocenters. The number of ether oxygens (including phenoxy) is 2. The Morgan fingerprint density at radius 1 is 1.65 bits per heavy atom. The quantitative estimate of drug-likeness (QED) is 0.307. The third kappa shape index (κ3) is 3.43. The monoisotopic (exact) mass is 284 g/mol. The minimum Gasteiger partial charge on any atom is -0.503 e. The molecular formula is C12H16N2O6. The van der Waals surface area contributed by atoms with Gasteiger partial charge in [0.05, 0.1) is 20.3 Å². The predicted octanol–water partition coefficient (Wildman–Crippen LogP) is -0.637. The molecule has 110 valence electrons. The number of nitrogens with zero attached hydrogens (tertiary/aromatic N) is 2. The van der Waals surface area contributed by atoms with E-state index >= 15 is 0 Å². The number of carbonyl (C=O) groups excluding carboxylic acids is 2. The molecule has 1 aliphatic heterocycles. The highest BCUT2D eigenvalue weighted by Gasteiger charge is 2.26. The number of likely N-dealkylation sites (N-methyl/N-ethyl adjacent to an activating group) is 1. The molecule has 1 unspecified atom stereocenters. The molecule has 0 amide bonds. The zero-order chi connectivity index (χ0) is 15.3. The molecule has 0 saturated carbocycles. The Kier molecular flexibility index (Phi) is 5.42. The predicted molar refractivity (Wildman–Crippen MR) is 68.9 cm³/mol. The van der Waals surface area contributed by atoms with Crippen LogP contribution in [0.5, 0.6) is 0 Å². The van der Waals surface area contributed by atoms with Crippen molar-refractivity contribution in [1.29, 1.82) is 0 Å². The van der Waals surface area contributed by atoms with E-state index in [1.165, 1.54) is 4.90 Å². The highest BCUT2D eigenvalue weighted by atomic mass is 16.5. The van der Waals surface area contributed by atoms with Gasteiger partial charge in [0.1, 0.15) is 11.9 Å². The first-order valence-corrected chi connectivity index (χ1v) is 5.65. The van der Waals surface area contributed by atoms with Gasteiger partial charge in [-0.15, -0.1) is 0 Å². The van der Waals surface area contributed by atoms with E-state index in [2.05, 4.69) is 16.3 Å². The second-order valence-corrected chi connectivity index (χ2v) is 3.97. The molecule has 8 heteroatoms. The summed E-state index contributed by atoms with van der Waals surface area (Å²) in [6.07, 6.45) is -1.08. The van der Waals surface area contributed by atoms with Gasteiger partial charge < -0.3 is 24.6 Å². The highest BCUT2D eigenvalue weighted by molar-refractivity contribution is 5.98. The first-order chi connectivity index (χ1) is 9.42. The van der Waals surface area contributed by atoms with Crippen LogP contribution in [0.2, 0.25) is 0 Å². The van der Waals surface area contributed by atoms with Gasteiger partial charge in [-0.2, -0.15) is 0 Å². The molecule has 0 spiro atoms. The number of hydrogen-bond donors (Lipinski definition) is 2. The maximum Gasteiger partial charge on any atom is 0.360 e. The first kappa shape index (κ1) is 15.9. The topological polar surface area (TPSA) is 109 Å². The molecule has 0 bridgehead atoms. The summed E-state index contributed by atoms with van der Waals surface area (Å²) in [5, 5.41) is 19.3. The van der Waals surface area contributed by atoms with Crippen molar-refractivity contribution in [2.45, 2.75) is 6.10 Å². The minimum absolute atomic E-state index is 0.0151. The Morgan fingerprint density at radius 2 is 2.30 bits per heavy atom. The van der Waals surface area contributed by atoms with Crippen molar-refractivity contribution < 1.29 is 29.3 Å². The summed E-state index contributed by atoms with van der Waals surface area (Å²) in [5.41, 5.74) is -0.104. The Hall–Kier alpha value is -2.19. The van der Waals surface area contributed by atoms with Crippen LogP contribution in [0, 0.1) is 0 Å². The van der Waals surface area contributed by atoms with Crippen molar-refractivity contribution in [3.8, 4) is 0 Å². The van der Waals surface area contributed by atoms with Gasteiger partial charge in [-0.1, -0.05) is 6.58 Å². The van der Waals surface area contributed by atoms with Crippen LogP contribution < -0.4 is 0 Å². The fourth-order valence-electron chi connectivity index (χ4n) is 1.47. The van der Waals surface area contributed by atoms with Gasteiger partial charge in [0, 0.05) is 12.7 Å². The standard InChI is InChI=1S/C12H16N2O6/c1-7-5-20-6-9(17)11(14(7)2)13-10(8(16)4-15)12(18)19-3/h4,9,16-17H,1,5-6H2,2-3H3/b10-8+,13-11?. The molecular weight excluding hydrogens is 268 g/mol. The second-order valence-electron chi connectivity index (χ2n) is 3.97. The van der Waals surface area contributed by atoms with E-state index in [-0.39, 0.29) is 25.3 Å². The van der Waals surface area contributed by atoms with E-state index in [1.807, 2.05) is 0 Å². The van der Waals surface area contributed by atoms with E-state index in [1.54, 1.807) is 7.05 Å². The summed E-state index contributed by atoms with van der Waals surface area (Å²) >= 11 is 0. The molecule has 0 aliphatic carbocycles. The summed E-state index contributed by atoms with van der Waals surface area (Å²) in [6, 6.07) is 0. The van der Waals surface area contributed by atoms with E-state index in [4.69, 9.17) is 4.74 Å². The first-order valence-electron chi connectivity index (χ1n) is 5.65. The van der Waals surface area contributed by atoms with Crippen LogP contribution in [0.25, 0.3) is 0 Å². The highest BCUT2D eigenvalue weighted by Crippen LogP contribution is 2.14. The summed E-state index contributed by atoms with van der Waals surface area (Å²) in [4.78, 5) is 27.3. The van der Waals surface area contributed by atoms with Crippen molar-refractivity contribution in [3.05, 3.63) is 23.7 Å². The normalized spacial score (nSPS) is 23.1. The number of amidine groups is 1. The summed E-state index contributed by atoms with van der Waals surface area (Å²) < 4.78 is 9.57. The van der Waals surface area contributed by atoms with Crippen molar-refractivity contribution in [2.24, 2.45) is 4.99 Å². The molecule has 0 aromatic heterocycles. The molecule has 20 heavy (non-hydrogen) atoms. The smallest absolute Gasteiger partial charge is 0.360 e. The van der Waals surface area contributed by atoms with E-state index < -0.39 is 23.5 Å². The van der Waals surface area contributed by atoms with Crippen LogP contribution in [0.15, 0.2) is 28.7 Å². The molecule has 1 fully saturated rings. The molecule has 1 aliphatic rings. The number of esters is 1. The van der Waals surface area contributed by atoms with E-state index in [9.17, 15) is 19.8 Å². The molecule has 1 rings (SSSR count). The van der Waals surface area contributed by atoms with Crippen LogP contribution in [-0.2, 0) is 19.1 Å². The summed E-state index contributed by atoms with van der Waals surface area (Å²) in [5.74, 6) is -1.87. The average Bonchev–Trinajstić information content (AvgIpc) is 2.56. The number of aliphatic hydroxyl groups is 2. The number of hydrogen-bond acceptors (Lipinski definition) is 7. The zero-order valence-electron chi connectivity index (χ0n) is 11.2. The number of rotatable bonds is 3. The molecule has 2 N–H and O–H groups in total. The molecule has 0 aromatic rings. The van der Waals surface area contributed by atoms with Crippen LogP contribution in [0.1, 0.15) is 0 Å². The minimum atomic E-state index is -1.14. The van der Waals surface area contributed by atoms with Crippen LogP contribution in [0.4, 0.5) is 0 Å². The molecule has 0 aromatic carbocycles. The third-order valence-corrected chi connectivity index (χ3v) is 2.62. The lowest BCUT2D eigenvalue weighted by Crippen LogP contribution is -2.36. The Labute approximate surface area is 115 Å². The van der Waals surface area contributed by atoms with Crippen molar-refractivity contribution in [1.82, 2.24) is 4.90 Å². The number of carbonyl (C=O) groups is 2. The Balaban J connectivity index is 3.29. The Bertz CT molecular complexity index is 482. The largest absolute Gasteiger partial charge is 0.503 e.